The summed E-state index contributed by atoms with van der Waals surface area (Å²) in [4.78, 5) is 26.2. The van der Waals surface area contributed by atoms with Crippen LogP contribution in [0.5, 0.6) is 0 Å². The van der Waals surface area contributed by atoms with Crippen molar-refractivity contribution < 1.29 is 14.7 Å². The maximum Gasteiger partial charge on any atom is 0.307 e. The fraction of sp³-hybridized carbons (Fsp3) is 0.708. The third-order valence-corrected chi connectivity index (χ3v) is 8.73. The maximum absolute atomic E-state index is 13.2. The van der Waals surface area contributed by atoms with E-state index >= 15 is 0 Å². The van der Waals surface area contributed by atoms with E-state index in [9.17, 15) is 20.0 Å². The van der Waals surface area contributed by atoms with Crippen LogP contribution in [0.15, 0.2) is 0 Å². The van der Waals surface area contributed by atoms with Gasteiger partial charge in [0.15, 0.2) is 0 Å². The number of carboxylic acid groups (broad SMARTS) is 1. The molecule has 2 saturated carbocycles. The summed E-state index contributed by atoms with van der Waals surface area (Å²) < 4.78 is 0. The van der Waals surface area contributed by atoms with E-state index in [4.69, 9.17) is 0 Å². The van der Waals surface area contributed by atoms with Gasteiger partial charge in [-0.2, -0.15) is 5.26 Å². The van der Waals surface area contributed by atoms with Crippen LogP contribution in [0.1, 0.15) is 86.6 Å². The smallest absolute Gasteiger partial charge is 0.307 e. The molecule has 3 aliphatic rings. The van der Waals surface area contributed by atoms with Crippen molar-refractivity contribution in [2.75, 3.05) is 5.32 Å². The molecular weight excluding hydrogens is 396 g/mol. The van der Waals surface area contributed by atoms with E-state index in [0.717, 1.165) is 50.5 Å². The molecule has 0 aliphatic heterocycles. The van der Waals surface area contributed by atoms with E-state index in [1.807, 2.05) is 0 Å². The summed E-state index contributed by atoms with van der Waals surface area (Å²) in [7, 11) is 0. The first-order valence-corrected chi connectivity index (χ1v) is 12.5. The molecule has 0 saturated heterocycles. The first-order valence-electron chi connectivity index (χ1n) is 11.7. The number of aryl methyl sites for hydroxylation is 1. The quantitative estimate of drug-likeness (QED) is 0.663. The van der Waals surface area contributed by atoms with Crippen molar-refractivity contribution in [3.05, 3.63) is 16.0 Å². The second kappa shape index (κ2) is 9.51. The van der Waals surface area contributed by atoms with Crippen LogP contribution in [-0.4, -0.2) is 17.0 Å². The lowest BCUT2D eigenvalue weighted by molar-refractivity contribution is -0.148. The number of nitrogens with one attached hydrogen (secondary N) is 1. The third-order valence-electron chi connectivity index (χ3n) is 7.52. The van der Waals surface area contributed by atoms with Gasteiger partial charge >= 0.3 is 5.97 Å². The number of hydrogen-bond acceptors (Lipinski definition) is 4. The Labute approximate surface area is 182 Å². The number of fused-ring (bicyclic) bond motifs is 3. The van der Waals surface area contributed by atoms with Gasteiger partial charge in [-0.1, -0.05) is 38.5 Å². The number of amides is 1. The molecule has 1 heterocycles. The summed E-state index contributed by atoms with van der Waals surface area (Å²) in [6.45, 7) is 0. The molecule has 0 unspecified atom stereocenters. The van der Waals surface area contributed by atoms with Gasteiger partial charge < -0.3 is 10.4 Å². The predicted molar refractivity (Wildman–Crippen MR) is 117 cm³/mol. The molecule has 0 radical (unpaired) electrons. The lowest BCUT2D eigenvalue weighted by Gasteiger charge is -2.26. The molecule has 6 heteroatoms. The number of nitrogens with zero attached hydrogens (tertiary/aromatic N) is 1. The Hall–Kier alpha value is -1.87. The molecule has 162 valence electrons. The van der Waals surface area contributed by atoms with E-state index in [-0.39, 0.29) is 17.7 Å². The highest BCUT2D eigenvalue weighted by molar-refractivity contribution is 7.16. The lowest BCUT2D eigenvalue weighted by atomic mass is 9.79. The summed E-state index contributed by atoms with van der Waals surface area (Å²) in [5.74, 6) is -1.78. The van der Waals surface area contributed by atoms with Crippen molar-refractivity contribution in [2.45, 2.75) is 83.5 Å². The van der Waals surface area contributed by atoms with Gasteiger partial charge in [0.25, 0.3) is 0 Å². The number of hydrogen-bond donors (Lipinski definition) is 2. The molecule has 4 rings (SSSR count). The predicted octanol–water partition coefficient (Wildman–Crippen LogP) is 5.52. The maximum atomic E-state index is 13.2. The van der Waals surface area contributed by atoms with Crippen molar-refractivity contribution in [3.8, 4) is 6.07 Å². The highest BCUT2D eigenvalue weighted by atomic mass is 32.1. The molecule has 3 aliphatic carbocycles. The Kier molecular flexibility index (Phi) is 6.77. The molecule has 1 amide bonds. The number of nitriles is 1. The van der Waals surface area contributed by atoms with Gasteiger partial charge in [-0.05, 0) is 62.3 Å². The molecule has 30 heavy (non-hydrogen) atoms. The summed E-state index contributed by atoms with van der Waals surface area (Å²) in [6, 6.07) is 2.36. The van der Waals surface area contributed by atoms with Gasteiger partial charge in [0.05, 0.1) is 17.4 Å². The SMILES string of the molecule is N#Cc1c(NC(=O)[C@@H]2[C@H]3CC[C@@H](C3)[C@@H]2C(=O)O)sc2c1CCCCCCCCCC2. The van der Waals surface area contributed by atoms with E-state index in [1.165, 1.54) is 43.4 Å². The molecule has 2 N–H and O–H groups in total. The van der Waals surface area contributed by atoms with E-state index in [0.29, 0.717) is 10.6 Å². The molecule has 2 fully saturated rings. The highest BCUT2D eigenvalue weighted by Crippen LogP contribution is 2.53. The number of carbonyl (C=O) groups is 2. The van der Waals surface area contributed by atoms with Crippen LogP contribution in [0.2, 0.25) is 0 Å². The van der Waals surface area contributed by atoms with Gasteiger partial charge in [0.2, 0.25) is 5.91 Å². The van der Waals surface area contributed by atoms with E-state index < -0.39 is 17.8 Å². The van der Waals surface area contributed by atoms with Crippen molar-refractivity contribution in [3.63, 3.8) is 0 Å². The number of carbonyl (C=O) groups excluding carboxylic acids is 1. The second-order valence-electron chi connectivity index (χ2n) is 9.36. The Morgan fingerprint density at radius 2 is 1.53 bits per heavy atom. The molecule has 0 spiro atoms. The summed E-state index contributed by atoms with van der Waals surface area (Å²) in [6.07, 6.45) is 14.3. The zero-order chi connectivity index (χ0) is 21.1. The lowest BCUT2D eigenvalue weighted by Crippen LogP contribution is -2.37. The summed E-state index contributed by atoms with van der Waals surface area (Å²) in [5.41, 5.74) is 1.75. The molecule has 4 atom stereocenters. The van der Waals surface area contributed by atoms with Crippen LogP contribution in [0.3, 0.4) is 0 Å². The van der Waals surface area contributed by atoms with E-state index in [1.54, 1.807) is 11.3 Å². The van der Waals surface area contributed by atoms with Crippen LogP contribution >= 0.6 is 11.3 Å². The Morgan fingerprint density at radius 3 is 2.17 bits per heavy atom. The van der Waals surface area contributed by atoms with E-state index in [2.05, 4.69) is 11.4 Å². The molecule has 2 bridgehead atoms. The summed E-state index contributed by atoms with van der Waals surface area (Å²) >= 11 is 1.55. The van der Waals surface area contributed by atoms with Gasteiger partial charge in [-0.15, -0.1) is 11.3 Å². The monoisotopic (exact) mass is 428 g/mol. The van der Waals surface area contributed by atoms with Crippen LogP contribution in [0.25, 0.3) is 0 Å². The van der Waals surface area contributed by atoms with Crippen molar-refractivity contribution in [2.24, 2.45) is 23.7 Å². The number of rotatable bonds is 3. The normalized spacial score (nSPS) is 29.3. The number of carboxylic acids is 1. The Bertz CT molecular complexity index is 840. The van der Waals surface area contributed by atoms with Gasteiger partial charge in [0, 0.05) is 4.88 Å². The highest BCUT2D eigenvalue weighted by Gasteiger charge is 2.54. The minimum atomic E-state index is -0.846. The second-order valence-corrected chi connectivity index (χ2v) is 10.5. The fourth-order valence-corrected chi connectivity index (χ4v) is 7.29. The molecular formula is C24H32N2O3S. The van der Waals surface area contributed by atoms with Crippen LogP contribution in [0.4, 0.5) is 5.00 Å². The number of anilines is 1. The Balaban J connectivity index is 1.55. The summed E-state index contributed by atoms with van der Waals surface area (Å²) in [5, 5.41) is 23.2. The van der Waals surface area contributed by atoms with Crippen molar-refractivity contribution in [1.29, 1.82) is 5.26 Å². The van der Waals surface area contributed by atoms with Crippen LogP contribution in [-0.2, 0) is 22.4 Å². The number of thiophene rings is 1. The zero-order valence-corrected chi connectivity index (χ0v) is 18.4. The minimum Gasteiger partial charge on any atom is -0.481 e. The zero-order valence-electron chi connectivity index (χ0n) is 17.6. The molecule has 1 aromatic heterocycles. The van der Waals surface area contributed by atoms with Crippen molar-refractivity contribution >= 4 is 28.2 Å². The molecule has 5 nitrogen and oxygen atoms in total. The average Bonchev–Trinajstić information content (AvgIpc) is 3.41. The topological polar surface area (TPSA) is 90.2 Å². The molecule has 0 aromatic carbocycles. The van der Waals surface area contributed by atoms with Crippen LogP contribution < -0.4 is 5.32 Å². The average molecular weight is 429 g/mol. The van der Waals surface area contributed by atoms with Crippen LogP contribution in [0, 0.1) is 35.0 Å². The largest absolute Gasteiger partial charge is 0.481 e. The first-order chi connectivity index (χ1) is 14.6. The first kappa shape index (κ1) is 21.4. The fourth-order valence-electron chi connectivity index (χ4n) is 6.05. The Morgan fingerprint density at radius 1 is 0.933 bits per heavy atom. The molecule has 1 aromatic rings. The minimum absolute atomic E-state index is 0.127. The van der Waals surface area contributed by atoms with Crippen molar-refractivity contribution in [1.82, 2.24) is 0 Å². The number of aliphatic carboxylic acids is 1. The standard InChI is InChI=1S/C24H32N2O3S/c25-14-18-17-9-7-5-3-1-2-4-6-8-10-19(17)30-23(18)26-22(27)20-15-11-12-16(13-15)21(20)24(28)29/h15-16,20-21H,1-13H2,(H,26,27)(H,28,29)/t15-,16-,20+,21-/m0/s1. The van der Waals surface area contributed by atoms with Gasteiger partial charge in [0.1, 0.15) is 11.1 Å². The third kappa shape index (κ3) is 4.27. The van der Waals surface area contributed by atoms with Gasteiger partial charge in [-0.25, -0.2) is 0 Å². The van der Waals surface area contributed by atoms with Gasteiger partial charge in [-0.3, -0.25) is 9.59 Å².